The Kier molecular flexibility index (Phi) is 10.0. The van der Waals surface area contributed by atoms with E-state index in [1.165, 1.54) is 29.8 Å². The fourth-order valence-electron chi connectivity index (χ4n) is 3.68. The Morgan fingerprint density at radius 3 is 2.62 bits per heavy atom. The van der Waals surface area contributed by atoms with Gasteiger partial charge in [0.2, 0.25) is 0 Å². The van der Waals surface area contributed by atoms with Crippen LogP contribution in [-0.4, -0.2) is 72.3 Å². The van der Waals surface area contributed by atoms with Gasteiger partial charge in [-0.05, 0) is 79.4 Å². The smallest absolute Gasteiger partial charge is 0.407 e. The number of aryl methyl sites for hydroxylation is 1. The lowest BCUT2D eigenvalue weighted by molar-refractivity contribution is 0.0505. The minimum absolute atomic E-state index is 0.152. The van der Waals surface area contributed by atoms with Crippen molar-refractivity contribution in [3.8, 4) is 5.75 Å². The first-order valence-electron chi connectivity index (χ1n) is 12.7. The van der Waals surface area contributed by atoms with Crippen LogP contribution in [0.4, 0.5) is 20.7 Å². The molecule has 10 nitrogen and oxygen atoms in total. The molecule has 0 radical (unpaired) electrons. The molecule has 0 bridgehead atoms. The van der Waals surface area contributed by atoms with Crippen molar-refractivity contribution in [1.29, 1.82) is 0 Å². The number of nitrogens with one attached hydrogen (secondary N) is 3. The minimum Gasteiger partial charge on any atom is -0.487 e. The zero-order chi connectivity index (χ0) is 28.7. The van der Waals surface area contributed by atoms with E-state index in [-0.39, 0.29) is 18.2 Å². The normalized spacial score (nSPS) is 12.3. The molecule has 1 aromatic carbocycles. The standard InChI is InChI=1S/C27H37FN6O4S/c1-16(14-30-26(36)38-27(3,4)5)37-20-13-18(28)9-10-19(20)33-23-21-17(2)22(39-25(21)32-15-31-23)24(35)29-11-8-12-34(6)7/h9-10,13,15-16H,8,11-12,14H2,1-7H3,(H,29,35)(H,30,36)(H,31,32,33). The van der Waals surface area contributed by atoms with Crippen LogP contribution in [0.25, 0.3) is 10.2 Å². The number of halogens is 1. The van der Waals surface area contributed by atoms with Crippen LogP contribution in [0.1, 0.15) is 49.4 Å². The van der Waals surface area contributed by atoms with Crippen molar-refractivity contribution in [2.45, 2.75) is 52.7 Å². The summed E-state index contributed by atoms with van der Waals surface area (Å²) in [6, 6.07) is 4.12. The first kappa shape index (κ1) is 30.0. The summed E-state index contributed by atoms with van der Waals surface area (Å²) >= 11 is 1.29. The summed E-state index contributed by atoms with van der Waals surface area (Å²) in [4.78, 5) is 36.9. The number of amides is 2. The number of hydrogen-bond acceptors (Lipinski definition) is 9. The number of carbonyl (C=O) groups excluding carboxylic acids is 2. The molecule has 1 unspecified atom stereocenters. The Morgan fingerprint density at radius 1 is 1.18 bits per heavy atom. The van der Waals surface area contributed by atoms with Crippen LogP contribution in [0.5, 0.6) is 5.75 Å². The Bertz CT molecular complexity index is 1310. The second-order valence-corrected chi connectivity index (χ2v) is 11.4. The Morgan fingerprint density at radius 2 is 1.92 bits per heavy atom. The van der Waals surface area contributed by atoms with Gasteiger partial charge < -0.3 is 30.3 Å². The molecule has 2 aromatic heterocycles. The Balaban J connectivity index is 1.77. The molecule has 0 aliphatic carbocycles. The number of carbonyl (C=O) groups is 2. The molecule has 3 rings (SSSR count). The van der Waals surface area contributed by atoms with Gasteiger partial charge in [0, 0.05) is 12.6 Å². The molecule has 0 saturated carbocycles. The van der Waals surface area contributed by atoms with Gasteiger partial charge >= 0.3 is 6.09 Å². The number of anilines is 2. The van der Waals surface area contributed by atoms with E-state index < -0.39 is 23.6 Å². The number of benzene rings is 1. The number of hydrogen-bond donors (Lipinski definition) is 3. The van der Waals surface area contributed by atoms with Crippen molar-refractivity contribution in [2.75, 3.05) is 39.0 Å². The van der Waals surface area contributed by atoms with Crippen LogP contribution in [0.2, 0.25) is 0 Å². The number of nitrogens with zero attached hydrogens (tertiary/aromatic N) is 3. The SMILES string of the molecule is Cc1c(C(=O)NCCCN(C)C)sc2ncnc(Nc3ccc(F)cc3OC(C)CNC(=O)OC(C)(C)C)c12. The average molecular weight is 561 g/mol. The average Bonchev–Trinajstić information content (AvgIpc) is 3.18. The number of aromatic nitrogens is 2. The molecule has 212 valence electrons. The summed E-state index contributed by atoms with van der Waals surface area (Å²) in [6.07, 6.45) is 1.20. The first-order valence-corrected chi connectivity index (χ1v) is 13.5. The van der Waals surface area contributed by atoms with Crippen molar-refractivity contribution < 1.29 is 23.5 Å². The number of ether oxygens (including phenoxy) is 2. The molecular weight excluding hydrogens is 523 g/mol. The first-order chi connectivity index (χ1) is 18.3. The van der Waals surface area contributed by atoms with Gasteiger partial charge in [0.1, 0.15) is 40.2 Å². The van der Waals surface area contributed by atoms with Crippen molar-refractivity contribution in [2.24, 2.45) is 0 Å². The van der Waals surface area contributed by atoms with Gasteiger partial charge in [0.15, 0.2) is 0 Å². The summed E-state index contributed by atoms with van der Waals surface area (Å²) in [5.41, 5.74) is 0.604. The maximum atomic E-state index is 14.1. The Hall–Kier alpha value is -3.51. The van der Waals surface area contributed by atoms with E-state index in [0.717, 1.165) is 18.5 Å². The fourth-order valence-corrected chi connectivity index (χ4v) is 4.75. The molecule has 3 aromatic rings. The van der Waals surface area contributed by atoms with Gasteiger partial charge in [-0.1, -0.05) is 0 Å². The van der Waals surface area contributed by atoms with E-state index in [9.17, 15) is 14.0 Å². The molecular formula is C27H37FN6O4S. The van der Waals surface area contributed by atoms with Crippen LogP contribution in [-0.2, 0) is 4.74 Å². The largest absolute Gasteiger partial charge is 0.487 e. The lowest BCUT2D eigenvalue weighted by Gasteiger charge is -2.22. The van der Waals surface area contributed by atoms with Crippen molar-refractivity contribution in [1.82, 2.24) is 25.5 Å². The third-order valence-electron chi connectivity index (χ3n) is 5.46. The summed E-state index contributed by atoms with van der Waals surface area (Å²) in [5, 5.41) is 9.54. The lowest BCUT2D eigenvalue weighted by atomic mass is 10.2. The highest BCUT2D eigenvalue weighted by atomic mass is 32.1. The maximum Gasteiger partial charge on any atom is 0.407 e. The van der Waals surface area contributed by atoms with Crippen LogP contribution < -0.4 is 20.7 Å². The fraction of sp³-hybridized carbons (Fsp3) is 0.481. The quantitative estimate of drug-likeness (QED) is 0.285. The van der Waals surface area contributed by atoms with E-state index in [4.69, 9.17) is 9.47 Å². The molecule has 0 aliphatic heterocycles. The van der Waals surface area contributed by atoms with E-state index in [0.29, 0.717) is 33.1 Å². The molecule has 12 heteroatoms. The van der Waals surface area contributed by atoms with Crippen LogP contribution in [0.3, 0.4) is 0 Å². The van der Waals surface area contributed by atoms with Crippen molar-refractivity contribution >= 4 is 45.1 Å². The third kappa shape index (κ3) is 8.75. The van der Waals surface area contributed by atoms with Gasteiger partial charge in [-0.3, -0.25) is 4.79 Å². The van der Waals surface area contributed by atoms with Gasteiger partial charge in [0.25, 0.3) is 5.91 Å². The van der Waals surface area contributed by atoms with Gasteiger partial charge in [-0.25, -0.2) is 19.2 Å². The number of fused-ring (bicyclic) bond motifs is 1. The molecule has 0 spiro atoms. The number of alkyl carbamates (subject to hydrolysis) is 1. The third-order valence-corrected chi connectivity index (χ3v) is 6.66. The Labute approximate surface area is 232 Å². The molecule has 0 aliphatic rings. The highest BCUT2D eigenvalue weighted by Crippen LogP contribution is 2.36. The van der Waals surface area contributed by atoms with E-state index >= 15 is 0 Å². The number of thiophene rings is 1. The van der Waals surface area contributed by atoms with Crippen molar-refractivity contribution in [3.05, 3.63) is 40.8 Å². The monoisotopic (exact) mass is 560 g/mol. The lowest BCUT2D eigenvalue weighted by Crippen LogP contribution is -2.37. The predicted octanol–water partition coefficient (Wildman–Crippen LogP) is 4.86. The summed E-state index contributed by atoms with van der Waals surface area (Å²) in [5.74, 6) is 0.0799. The topological polar surface area (TPSA) is 118 Å². The second kappa shape index (κ2) is 13.0. The van der Waals surface area contributed by atoms with Crippen LogP contribution >= 0.6 is 11.3 Å². The van der Waals surface area contributed by atoms with Gasteiger partial charge in [0.05, 0.1) is 22.5 Å². The van der Waals surface area contributed by atoms with Gasteiger partial charge in [-0.15, -0.1) is 11.3 Å². The summed E-state index contributed by atoms with van der Waals surface area (Å²) in [6.45, 7) is 10.5. The minimum atomic E-state index is -0.622. The van der Waals surface area contributed by atoms with Crippen LogP contribution in [0.15, 0.2) is 24.5 Å². The van der Waals surface area contributed by atoms with E-state index in [1.807, 2.05) is 21.0 Å². The molecule has 1 atom stereocenters. The zero-order valence-corrected chi connectivity index (χ0v) is 24.3. The number of rotatable bonds is 11. The van der Waals surface area contributed by atoms with E-state index in [1.54, 1.807) is 33.8 Å². The van der Waals surface area contributed by atoms with E-state index in [2.05, 4.69) is 30.8 Å². The zero-order valence-electron chi connectivity index (χ0n) is 23.5. The summed E-state index contributed by atoms with van der Waals surface area (Å²) < 4.78 is 25.4. The molecule has 0 saturated heterocycles. The second-order valence-electron chi connectivity index (χ2n) is 10.4. The molecule has 0 fully saturated rings. The highest BCUT2D eigenvalue weighted by molar-refractivity contribution is 7.20. The molecule has 3 N–H and O–H groups in total. The molecule has 39 heavy (non-hydrogen) atoms. The predicted molar refractivity (Wildman–Crippen MR) is 152 cm³/mol. The molecule has 2 heterocycles. The summed E-state index contributed by atoms with van der Waals surface area (Å²) in [7, 11) is 3.98. The van der Waals surface area contributed by atoms with Crippen LogP contribution in [0, 0.1) is 12.7 Å². The van der Waals surface area contributed by atoms with Crippen molar-refractivity contribution in [3.63, 3.8) is 0 Å². The maximum absolute atomic E-state index is 14.1. The van der Waals surface area contributed by atoms with Gasteiger partial charge in [-0.2, -0.15) is 0 Å². The molecule has 2 amide bonds. The highest BCUT2D eigenvalue weighted by Gasteiger charge is 2.21.